The van der Waals surface area contributed by atoms with Crippen LogP contribution in [0.4, 0.5) is 0 Å². The smallest absolute Gasteiger partial charge is 0.268 e. The monoisotopic (exact) mass is 522 g/mol. The maximum Gasteiger partial charge on any atom is 0.268 e. The highest BCUT2D eigenvalue weighted by Crippen LogP contribution is 2.39. The van der Waals surface area contributed by atoms with Gasteiger partial charge in [-0.3, -0.25) is 4.57 Å². The van der Waals surface area contributed by atoms with Gasteiger partial charge < -0.3 is 28.5 Å². The van der Waals surface area contributed by atoms with Gasteiger partial charge in [-0.05, 0) is 13.5 Å². The van der Waals surface area contributed by atoms with Crippen molar-refractivity contribution in [2.24, 2.45) is 0 Å². The van der Waals surface area contributed by atoms with Gasteiger partial charge in [-0.1, -0.05) is 103 Å². The first kappa shape index (κ1) is 35.0. The number of quaternary nitrogens is 1. The molecule has 0 aliphatic carbocycles. The van der Waals surface area contributed by atoms with Crippen LogP contribution < -0.4 is 10.2 Å². The Morgan fingerprint density at radius 1 is 0.771 bits per heavy atom. The lowest BCUT2D eigenvalue weighted by molar-refractivity contribution is -0.870. The molecule has 0 radical (unpaired) electrons. The number of phosphoric acid groups is 1. The molecule has 0 spiro atoms. The summed E-state index contributed by atoms with van der Waals surface area (Å²) in [6, 6.07) is 0. The Labute approximate surface area is 217 Å². The van der Waals surface area contributed by atoms with Crippen molar-refractivity contribution in [3.63, 3.8) is 0 Å². The number of nitrogens with zero attached hydrogens (tertiary/aromatic N) is 1. The van der Waals surface area contributed by atoms with Crippen molar-refractivity contribution in [2.75, 3.05) is 61.1 Å². The summed E-state index contributed by atoms with van der Waals surface area (Å²) in [5.41, 5.74) is 0. The Balaban J connectivity index is 3.60. The molecule has 1 N–H and O–H groups in total. The van der Waals surface area contributed by atoms with Crippen molar-refractivity contribution >= 4 is 7.82 Å². The second-order valence-corrected chi connectivity index (χ2v) is 12.3. The lowest BCUT2D eigenvalue weighted by Gasteiger charge is -2.30. The zero-order valence-electron chi connectivity index (χ0n) is 23.9. The van der Waals surface area contributed by atoms with Crippen molar-refractivity contribution in [1.29, 1.82) is 0 Å². The van der Waals surface area contributed by atoms with Gasteiger partial charge in [0.25, 0.3) is 7.82 Å². The fraction of sp³-hybridized carbons (Fsp3) is 1.00. The fourth-order valence-electron chi connectivity index (χ4n) is 3.96. The van der Waals surface area contributed by atoms with Gasteiger partial charge in [-0.25, -0.2) is 0 Å². The molecule has 7 nitrogen and oxygen atoms in total. The maximum atomic E-state index is 12.1. The third kappa shape index (κ3) is 26.9. The molecule has 0 aromatic heterocycles. The third-order valence-corrected chi connectivity index (χ3v) is 7.22. The number of phosphoric ester groups is 1. The van der Waals surface area contributed by atoms with Gasteiger partial charge in [0.05, 0.1) is 27.7 Å². The summed E-state index contributed by atoms with van der Waals surface area (Å²) in [5, 5.41) is 2.96. The normalized spacial score (nSPS) is 14.8. The van der Waals surface area contributed by atoms with Crippen molar-refractivity contribution in [1.82, 2.24) is 5.32 Å². The quantitative estimate of drug-likeness (QED) is 0.0802. The average Bonchev–Trinajstić information content (AvgIpc) is 2.77. The Hall–Kier alpha value is -0.0100. The van der Waals surface area contributed by atoms with E-state index in [2.05, 4.69) is 12.2 Å². The minimum absolute atomic E-state index is 0.108. The van der Waals surface area contributed by atoms with Crippen LogP contribution in [0.1, 0.15) is 110 Å². The van der Waals surface area contributed by atoms with E-state index in [4.69, 9.17) is 13.8 Å². The molecule has 0 saturated heterocycles. The fourth-order valence-corrected chi connectivity index (χ4v) is 4.83. The molecule has 0 bridgehead atoms. The highest BCUT2D eigenvalue weighted by Gasteiger charge is 2.19. The van der Waals surface area contributed by atoms with E-state index in [9.17, 15) is 9.46 Å². The van der Waals surface area contributed by atoms with Crippen LogP contribution in [-0.2, 0) is 18.3 Å². The van der Waals surface area contributed by atoms with Gasteiger partial charge in [-0.15, -0.1) is 0 Å². The SMILES string of the molecule is CCCCCCCCCCCCCCCCCCOCC(CNC)OP(=O)([O-])OCC[N+](C)(C)C. The lowest BCUT2D eigenvalue weighted by atomic mass is 10.0. The van der Waals surface area contributed by atoms with Gasteiger partial charge in [0.2, 0.25) is 0 Å². The Morgan fingerprint density at radius 2 is 1.23 bits per heavy atom. The van der Waals surface area contributed by atoms with E-state index in [-0.39, 0.29) is 13.2 Å². The van der Waals surface area contributed by atoms with E-state index in [1.807, 2.05) is 21.1 Å². The van der Waals surface area contributed by atoms with E-state index in [1.54, 1.807) is 7.05 Å². The zero-order chi connectivity index (χ0) is 26.3. The van der Waals surface area contributed by atoms with E-state index >= 15 is 0 Å². The molecule has 0 fully saturated rings. The van der Waals surface area contributed by atoms with Crippen molar-refractivity contribution in [3.05, 3.63) is 0 Å². The summed E-state index contributed by atoms with van der Waals surface area (Å²) in [4.78, 5) is 12.1. The Bertz CT molecular complexity index is 502. The van der Waals surface area contributed by atoms with Crippen LogP contribution in [0.2, 0.25) is 0 Å². The van der Waals surface area contributed by atoms with Gasteiger partial charge in [0.15, 0.2) is 0 Å². The van der Waals surface area contributed by atoms with Gasteiger partial charge in [-0.2, -0.15) is 0 Å². The van der Waals surface area contributed by atoms with Gasteiger partial charge >= 0.3 is 0 Å². The number of likely N-dealkylation sites (N-methyl/N-ethyl adjacent to an activating group) is 2. The zero-order valence-corrected chi connectivity index (χ0v) is 24.8. The molecule has 2 atom stereocenters. The molecular formula is C27H59N2O5P. The van der Waals surface area contributed by atoms with E-state index in [0.717, 1.165) is 12.8 Å². The topological polar surface area (TPSA) is 79.9 Å². The predicted molar refractivity (Wildman–Crippen MR) is 146 cm³/mol. The molecule has 2 unspecified atom stereocenters. The van der Waals surface area contributed by atoms with Crippen LogP contribution >= 0.6 is 7.82 Å². The number of hydrogen-bond acceptors (Lipinski definition) is 6. The third-order valence-electron chi connectivity index (χ3n) is 6.17. The molecule has 8 heteroatoms. The first-order chi connectivity index (χ1) is 16.7. The summed E-state index contributed by atoms with van der Waals surface area (Å²) in [7, 11) is 3.37. The summed E-state index contributed by atoms with van der Waals surface area (Å²) < 4.78 is 28.6. The van der Waals surface area contributed by atoms with Crippen molar-refractivity contribution in [2.45, 2.75) is 116 Å². The summed E-state index contributed by atoms with van der Waals surface area (Å²) in [6.45, 7) is 4.23. The predicted octanol–water partition coefficient (Wildman–Crippen LogP) is 6.06. The highest BCUT2D eigenvalue weighted by atomic mass is 31.2. The molecule has 0 amide bonds. The van der Waals surface area contributed by atoms with Crippen LogP contribution in [0.5, 0.6) is 0 Å². The standard InChI is InChI=1S/C27H59N2O5P/c1-6-7-8-9-10-11-12-13-14-15-16-17-18-19-20-21-23-32-26-27(25-28-2)34-35(30,31)33-24-22-29(3,4)5/h27-28H,6-26H2,1-5H3. The van der Waals surface area contributed by atoms with Gasteiger partial charge in [0, 0.05) is 13.2 Å². The number of nitrogens with one attached hydrogen (secondary N) is 1. The highest BCUT2D eigenvalue weighted by molar-refractivity contribution is 7.45. The van der Waals surface area contributed by atoms with Crippen LogP contribution in [0.25, 0.3) is 0 Å². The molecule has 0 aliphatic rings. The molecule has 212 valence electrons. The van der Waals surface area contributed by atoms with Crippen LogP contribution in [0.3, 0.4) is 0 Å². The Kier molecular flexibility index (Phi) is 23.1. The summed E-state index contributed by atoms with van der Waals surface area (Å²) >= 11 is 0. The first-order valence-electron chi connectivity index (χ1n) is 14.4. The Morgan fingerprint density at radius 3 is 1.66 bits per heavy atom. The number of rotatable bonds is 27. The molecule has 0 aromatic carbocycles. The number of ether oxygens (including phenoxy) is 1. The van der Waals surface area contributed by atoms with E-state index < -0.39 is 13.9 Å². The first-order valence-corrected chi connectivity index (χ1v) is 15.8. The number of hydrogen-bond donors (Lipinski definition) is 1. The lowest BCUT2D eigenvalue weighted by Crippen LogP contribution is -2.38. The van der Waals surface area contributed by atoms with Crippen LogP contribution in [0.15, 0.2) is 0 Å². The molecule has 0 aliphatic heterocycles. The second-order valence-electron chi connectivity index (χ2n) is 11.0. The minimum atomic E-state index is -4.34. The minimum Gasteiger partial charge on any atom is -0.756 e. The van der Waals surface area contributed by atoms with Crippen LogP contribution in [-0.4, -0.2) is 71.7 Å². The second kappa shape index (κ2) is 23.1. The van der Waals surface area contributed by atoms with Crippen molar-refractivity contribution in [3.8, 4) is 0 Å². The van der Waals surface area contributed by atoms with Crippen LogP contribution in [0, 0.1) is 0 Å². The molecular weight excluding hydrogens is 463 g/mol. The molecule has 0 aromatic rings. The molecule has 35 heavy (non-hydrogen) atoms. The average molecular weight is 523 g/mol. The molecule has 0 heterocycles. The number of unbranched alkanes of at least 4 members (excludes halogenated alkanes) is 15. The summed E-state index contributed by atoms with van der Waals surface area (Å²) in [6.07, 6.45) is 20.9. The maximum absolute atomic E-state index is 12.1. The van der Waals surface area contributed by atoms with E-state index in [1.165, 1.54) is 89.9 Å². The van der Waals surface area contributed by atoms with Gasteiger partial charge in [0.1, 0.15) is 19.3 Å². The summed E-state index contributed by atoms with van der Waals surface area (Å²) in [5.74, 6) is 0. The van der Waals surface area contributed by atoms with Crippen molar-refractivity contribution < 1.29 is 27.7 Å². The largest absolute Gasteiger partial charge is 0.756 e. The molecule has 0 rings (SSSR count). The van der Waals surface area contributed by atoms with E-state index in [0.29, 0.717) is 24.2 Å². The molecule has 0 saturated carbocycles.